The minimum atomic E-state index is -0.477. The smallest absolute Gasteiger partial charge is 0.244 e. The minimum Gasteiger partial charge on any atom is -0.393 e. The first-order valence-electron chi connectivity index (χ1n) is 8.16. The molecule has 1 N–H and O–H groups in total. The van der Waals surface area contributed by atoms with Gasteiger partial charge in [-0.3, -0.25) is 9.69 Å². The highest BCUT2D eigenvalue weighted by Gasteiger charge is 2.39. The minimum absolute atomic E-state index is 0.0332. The average Bonchev–Trinajstić information content (AvgIpc) is 2.92. The lowest BCUT2D eigenvalue weighted by atomic mass is 9.92. The fourth-order valence-corrected chi connectivity index (χ4v) is 3.80. The molecule has 2 fully saturated rings. The van der Waals surface area contributed by atoms with Gasteiger partial charge in [-0.25, -0.2) is 4.39 Å². The maximum atomic E-state index is 13.3. The fraction of sp³-hybridized carbons (Fsp3) is 0.588. The summed E-state index contributed by atoms with van der Waals surface area (Å²) >= 11 is 5.83. The van der Waals surface area contributed by atoms with Crippen molar-refractivity contribution >= 4 is 23.2 Å². The zero-order chi connectivity index (χ0) is 16.6. The van der Waals surface area contributed by atoms with Crippen LogP contribution in [0, 0.1) is 11.7 Å². The van der Waals surface area contributed by atoms with Gasteiger partial charge in [-0.2, -0.15) is 0 Å². The highest BCUT2D eigenvalue weighted by molar-refractivity contribution is 6.31. The van der Waals surface area contributed by atoms with E-state index in [-0.39, 0.29) is 29.0 Å². The Morgan fingerprint density at radius 3 is 2.83 bits per heavy atom. The van der Waals surface area contributed by atoms with Gasteiger partial charge in [-0.1, -0.05) is 11.6 Å². The molecule has 2 saturated heterocycles. The van der Waals surface area contributed by atoms with Gasteiger partial charge in [-0.15, -0.1) is 0 Å². The van der Waals surface area contributed by atoms with Gasteiger partial charge in [0.25, 0.3) is 0 Å². The van der Waals surface area contributed by atoms with Crippen LogP contribution in [0.4, 0.5) is 10.1 Å². The van der Waals surface area contributed by atoms with E-state index in [2.05, 4.69) is 4.90 Å². The number of hydrogen-bond donors (Lipinski definition) is 1. The van der Waals surface area contributed by atoms with Crippen molar-refractivity contribution in [2.45, 2.75) is 38.3 Å². The van der Waals surface area contributed by atoms with Gasteiger partial charge in [0.2, 0.25) is 5.91 Å². The summed E-state index contributed by atoms with van der Waals surface area (Å²) in [5.74, 6) is -0.209. The van der Waals surface area contributed by atoms with E-state index in [1.54, 1.807) is 11.0 Å². The van der Waals surface area contributed by atoms with E-state index in [4.69, 9.17) is 11.6 Å². The summed E-state index contributed by atoms with van der Waals surface area (Å²) < 4.78 is 13.3. The average molecular weight is 341 g/mol. The van der Waals surface area contributed by atoms with Gasteiger partial charge in [-0.05, 0) is 56.8 Å². The monoisotopic (exact) mass is 340 g/mol. The number of anilines is 1. The van der Waals surface area contributed by atoms with Crippen LogP contribution in [0.1, 0.15) is 26.2 Å². The maximum absolute atomic E-state index is 13.3. The molecule has 1 aromatic carbocycles. The number of benzene rings is 1. The number of rotatable bonds is 3. The summed E-state index contributed by atoms with van der Waals surface area (Å²) in [5.41, 5.74) is 0.646. The van der Waals surface area contributed by atoms with Crippen LogP contribution in [-0.2, 0) is 4.79 Å². The number of nitrogens with zero attached hydrogens (tertiary/aromatic N) is 2. The Labute approximate surface area is 140 Å². The zero-order valence-corrected chi connectivity index (χ0v) is 14.0. The van der Waals surface area contributed by atoms with Gasteiger partial charge in [0.05, 0.1) is 17.2 Å². The van der Waals surface area contributed by atoms with Crippen molar-refractivity contribution in [2.75, 3.05) is 24.5 Å². The van der Waals surface area contributed by atoms with Crippen LogP contribution in [0.15, 0.2) is 18.2 Å². The van der Waals surface area contributed by atoms with Gasteiger partial charge in [0.1, 0.15) is 5.82 Å². The molecule has 1 aromatic rings. The van der Waals surface area contributed by atoms with E-state index in [9.17, 15) is 14.3 Å². The van der Waals surface area contributed by atoms with Crippen LogP contribution in [-0.4, -0.2) is 47.7 Å². The van der Waals surface area contributed by atoms with Crippen molar-refractivity contribution in [3.05, 3.63) is 29.0 Å². The first-order valence-corrected chi connectivity index (χ1v) is 8.53. The Kier molecular flexibility index (Phi) is 4.90. The van der Waals surface area contributed by atoms with Gasteiger partial charge >= 0.3 is 0 Å². The van der Waals surface area contributed by atoms with E-state index in [0.717, 1.165) is 32.4 Å². The lowest BCUT2D eigenvalue weighted by Gasteiger charge is -2.37. The van der Waals surface area contributed by atoms with E-state index in [1.807, 2.05) is 6.92 Å². The van der Waals surface area contributed by atoms with Crippen LogP contribution >= 0.6 is 11.6 Å². The number of hydrogen-bond acceptors (Lipinski definition) is 3. The first-order chi connectivity index (χ1) is 11.0. The van der Waals surface area contributed by atoms with Crippen molar-refractivity contribution in [3.63, 3.8) is 0 Å². The number of carbonyl (C=O) groups is 1. The van der Waals surface area contributed by atoms with Gasteiger partial charge < -0.3 is 10.0 Å². The summed E-state index contributed by atoms with van der Waals surface area (Å²) in [6.07, 6.45) is 2.41. The Balaban J connectivity index is 1.72. The molecule has 3 unspecified atom stereocenters. The number of piperidine rings is 1. The fourth-order valence-electron chi connectivity index (χ4n) is 3.63. The van der Waals surface area contributed by atoms with Gasteiger partial charge in [0, 0.05) is 18.8 Å². The second-order valence-corrected chi connectivity index (χ2v) is 6.94. The number of amides is 1. The van der Waals surface area contributed by atoms with E-state index >= 15 is 0 Å². The topological polar surface area (TPSA) is 43.8 Å². The molecule has 0 bridgehead atoms. The predicted octanol–water partition coefficient (Wildman–Crippen LogP) is 2.68. The molecule has 4 nitrogen and oxygen atoms in total. The predicted molar refractivity (Wildman–Crippen MR) is 88.1 cm³/mol. The van der Waals surface area contributed by atoms with Crippen LogP contribution < -0.4 is 4.90 Å². The normalized spacial score (nSPS) is 27.5. The molecular weight excluding hydrogens is 319 g/mol. The zero-order valence-electron chi connectivity index (χ0n) is 13.2. The summed E-state index contributed by atoms with van der Waals surface area (Å²) in [7, 11) is 0. The molecule has 2 aliphatic heterocycles. The molecule has 3 atom stereocenters. The van der Waals surface area contributed by atoms with Crippen molar-refractivity contribution in [2.24, 2.45) is 5.92 Å². The molecular formula is C17H22ClFN2O2. The third-order valence-electron chi connectivity index (χ3n) is 5.00. The number of aliphatic hydroxyl groups excluding tert-OH is 1. The molecule has 23 heavy (non-hydrogen) atoms. The molecule has 0 spiro atoms. The molecule has 0 saturated carbocycles. The molecule has 0 radical (unpaired) electrons. The molecule has 2 heterocycles. The summed E-state index contributed by atoms with van der Waals surface area (Å²) in [4.78, 5) is 16.6. The third-order valence-corrected chi connectivity index (χ3v) is 5.29. The maximum Gasteiger partial charge on any atom is 0.244 e. The Morgan fingerprint density at radius 2 is 2.13 bits per heavy atom. The van der Waals surface area contributed by atoms with E-state index in [0.29, 0.717) is 12.2 Å². The second kappa shape index (κ2) is 6.75. The summed E-state index contributed by atoms with van der Waals surface area (Å²) in [5, 5.41) is 9.85. The molecule has 0 aromatic heterocycles. The second-order valence-electron chi connectivity index (χ2n) is 6.53. The van der Waals surface area contributed by atoms with E-state index in [1.165, 1.54) is 12.1 Å². The van der Waals surface area contributed by atoms with Crippen molar-refractivity contribution in [1.82, 2.24) is 4.90 Å². The van der Waals surface area contributed by atoms with Crippen LogP contribution in [0.3, 0.4) is 0 Å². The van der Waals surface area contributed by atoms with Crippen LogP contribution in [0.25, 0.3) is 0 Å². The lowest BCUT2D eigenvalue weighted by Crippen LogP contribution is -2.48. The number of likely N-dealkylation sites (tertiary alicyclic amines) is 1. The Morgan fingerprint density at radius 1 is 1.35 bits per heavy atom. The van der Waals surface area contributed by atoms with Gasteiger partial charge in [0.15, 0.2) is 0 Å². The number of halogens is 2. The highest BCUT2D eigenvalue weighted by atomic mass is 35.5. The molecule has 3 rings (SSSR count). The van der Waals surface area contributed by atoms with Crippen LogP contribution in [0.2, 0.25) is 5.02 Å². The lowest BCUT2D eigenvalue weighted by molar-refractivity contribution is -0.122. The number of aliphatic hydroxyl groups is 1. The highest BCUT2D eigenvalue weighted by Crippen LogP contribution is 2.30. The Bertz CT molecular complexity index is 596. The Hall–Kier alpha value is -1.17. The molecule has 0 aliphatic carbocycles. The summed E-state index contributed by atoms with van der Waals surface area (Å²) in [6, 6.07) is 4.24. The standard InChI is InChI=1S/C17H22ClFN2O2/c1-11(22)12-3-2-7-20(10-12)16-6-8-21(17(16)23)13-4-5-15(19)14(18)9-13/h4-5,9,11-12,16,22H,2-3,6-8,10H2,1H3. The van der Waals surface area contributed by atoms with Crippen molar-refractivity contribution in [3.8, 4) is 0 Å². The first kappa shape index (κ1) is 16.7. The molecule has 1 amide bonds. The van der Waals surface area contributed by atoms with E-state index < -0.39 is 5.82 Å². The SMILES string of the molecule is CC(O)C1CCCN(C2CCN(c3ccc(F)c(Cl)c3)C2=O)C1. The summed E-state index contributed by atoms with van der Waals surface area (Å²) in [6.45, 7) is 4.07. The molecule has 126 valence electrons. The molecule has 6 heteroatoms. The number of carbonyl (C=O) groups excluding carboxylic acids is 1. The van der Waals surface area contributed by atoms with Crippen LogP contribution in [0.5, 0.6) is 0 Å². The quantitative estimate of drug-likeness (QED) is 0.920. The van der Waals surface area contributed by atoms with Crippen molar-refractivity contribution in [1.29, 1.82) is 0 Å². The molecule has 2 aliphatic rings. The largest absolute Gasteiger partial charge is 0.393 e. The van der Waals surface area contributed by atoms with Crippen molar-refractivity contribution < 1.29 is 14.3 Å². The third kappa shape index (κ3) is 3.37.